The summed E-state index contributed by atoms with van der Waals surface area (Å²) in [5.41, 5.74) is 3.21. The molecule has 5 nitrogen and oxygen atoms in total. The quantitative estimate of drug-likeness (QED) is 0.577. The highest BCUT2D eigenvalue weighted by Crippen LogP contribution is 2.13. The lowest BCUT2D eigenvalue weighted by molar-refractivity contribution is -0.121. The molecule has 0 unspecified atom stereocenters. The Kier molecular flexibility index (Phi) is 6.25. The van der Waals surface area contributed by atoms with Crippen molar-refractivity contribution in [1.29, 1.82) is 0 Å². The number of aromatic nitrogens is 2. The Hall–Kier alpha value is -2.82. The number of amides is 1. The van der Waals surface area contributed by atoms with Gasteiger partial charge in [0.2, 0.25) is 5.91 Å². The second-order valence-electron chi connectivity index (χ2n) is 6.42. The van der Waals surface area contributed by atoms with Crippen LogP contribution in [0.25, 0.3) is 11.0 Å². The van der Waals surface area contributed by atoms with Crippen LogP contribution in [0, 0.1) is 6.92 Å². The fourth-order valence-corrected chi connectivity index (χ4v) is 2.82. The van der Waals surface area contributed by atoms with E-state index >= 15 is 0 Å². The van der Waals surface area contributed by atoms with Gasteiger partial charge < -0.3 is 15.0 Å². The van der Waals surface area contributed by atoms with Gasteiger partial charge in [0.25, 0.3) is 0 Å². The Labute approximate surface area is 153 Å². The smallest absolute Gasteiger partial charge is 0.220 e. The number of H-pyrrole nitrogens is 1. The van der Waals surface area contributed by atoms with Gasteiger partial charge in [0.1, 0.15) is 11.6 Å². The van der Waals surface area contributed by atoms with Gasteiger partial charge >= 0.3 is 0 Å². The molecule has 0 saturated carbocycles. The molecule has 1 heterocycles. The first kappa shape index (κ1) is 18.0. The SMILES string of the molecule is Cc1cccc(OCCCC(=O)NCCCc2nc3ccccc3[nH]2)c1. The number of rotatable bonds is 9. The maximum Gasteiger partial charge on any atom is 0.220 e. The van der Waals surface area contributed by atoms with E-state index in [1.54, 1.807) is 0 Å². The highest BCUT2D eigenvalue weighted by molar-refractivity contribution is 5.76. The Morgan fingerprint density at radius 1 is 1.15 bits per heavy atom. The zero-order chi connectivity index (χ0) is 18.2. The zero-order valence-electron chi connectivity index (χ0n) is 15.1. The lowest BCUT2D eigenvalue weighted by Gasteiger charge is -2.07. The summed E-state index contributed by atoms with van der Waals surface area (Å²) in [5, 5.41) is 2.96. The van der Waals surface area contributed by atoms with Crippen molar-refractivity contribution in [3.63, 3.8) is 0 Å². The molecule has 0 saturated heterocycles. The van der Waals surface area contributed by atoms with E-state index in [0.717, 1.165) is 35.4 Å². The zero-order valence-corrected chi connectivity index (χ0v) is 15.1. The molecule has 0 spiro atoms. The molecule has 0 bridgehead atoms. The fourth-order valence-electron chi connectivity index (χ4n) is 2.82. The molecule has 0 fully saturated rings. The van der Waals surface area contributed by atoms with Crippen molar-refractivity contribution in [1.82, 2.24) is 15.3 Å². The van der Waals surface area contributed by atoms with Crippen LogP contribution in [0.3, 0.4) is 0 Å². The monoisotopic (exact) mass is 351 g/mol. The van der Waals surface area contributed by atoms with Gasteiger partial charge in [0, 0.05) is 19.4 Å². The average Bonchev–Trinajstić information content (AvgIpc) is 3.05. The molecule has 5 heteroatoms. The normalized spacial score (nSPS) is 10.8. The van der Waals surface area contributed by atoms with Crippen molar-refractivity contribution in [3.05, 3.63) is 59.9 Å². The van der Waals surface area contributed by atoms with Crippen molar-refractivity contribution in [2.75, 3.05) is 13.2 Å². The summed E-state index contributed by atoms with van der Waals surface area (Å²) >= 11 is 0. The summed E-state index contributed by atoms with van der Waals surface area (Å²) in [7, 11) is 0. The van der Waals surface area contributed by atoms with Gasteiger partial charge in [-0.25, -0.2) is 4.98 Å². The first-order valence-corrected chi connectivity index (χ1v) is 9.10. The molecule has 0 aliphatic rings. The summed E-state index contributed by atoms with van der Waals surface area (Å²) in [4.78, 5) is 19.7. The highest BCUT2D eigenvalue weighted by atomic mass is 16.5. The Morgan fingerprint density at radius 3 is 2.88 bits per heavy atom. The highest BCUT2D eigenvalue weighted by Gasteiger charge is 2.04. The van der Waals surface area contributed by atoms with Crippen molar-refractivity contribution in [2.24, 2.45) is 0 Å². The van der Waals surface area contributed by atoms with Gasteiger partial charge in [0.15, 0.2) is 0 Å². The summed E-state index contributed by atoms with van der Waals surface area (Å²) in [5.74, 6) is 1.89. The molecular formula is C21H25N3O2. The number of hydrogen-bond donors (Lipinski definition) is 2. The number of benzene rings is 2. The molecule has 136 valence electrons. The number of nitrogens with one attached hydrogen (secondary N) is 2. The maximum atomic E-state index is 11.9. The number of carbonyl (C=O) groups excluding carboxylic acids is 1. The van der Waals surface area contributed by atoms with Crippen LogP contribution in [-0.2, 0) is 11.2 Å². The van der Waals surface area contributed by atoms with E-state index in [-0.39, 0.29) is 5.91 Å². The Bertz CT molecular complexity index is 824. The van der Waals surface area contributed by atoms with E-state index in [1.165, 1.54) is 5.56 Å². The molecule has 3 aromatic rings. The molecule has 1 amide bonds. The van der Waals surface area contributed by atoms with Gasteiger partial charge in [-0.1, -0.05) is 24.3 Å². The van der Waals surface area contributed by atoms with Crippen molar-refractivity contribution < 1.29 is 9.53 Å². The Morgan fingerprint density at radius 2 is 2.04 bits per heavy atom. The van der Waals surface area contributed by atoms with Crippen molar-refractivity contribution in [2.45, 2.75) is 32.6 Å². The Balaban J connectivity index is 1.28. The number of ether oxygens (including phenoxy) is 1. The second kappa shape index (κ2) is 9.04. The van der Waals surface area contributed by atoms with E-state index in [0.29, 0.717) is 26.0 Å². The summed E-state index contributed by atoms with van der Waals surface area (Å²) in [6.07, 6.45) is 2.89. The van der Waals surface area contributed by atoms with Crippen LogP contribution < -0.4 is 10.1 Å². The van der Waals surface area contributed by atoms with Crippen LogP contribution >= 0.6 is 0 Å². The molecule has 3 rings (SSSR count). The van der Waals surface area contributed by atoms with E-state index in [9.17, 15) is 4.79 Å². The third-order valence-electron chi connectivity index (χ3n) is 4.16. The number of aryl methyl sites for hydroxylation is 2. The molecular weight excluding hydrogens is 326 g/mol. The number of imidazole rings is 1. The molecule has 1 aromatic heterocycles. The van der Waals surface area contributed by atoms with Gasteiger partial charge in [-0.15, -0.1) is 0 Å². The lowest BCUT2D eigenvalue weighted by atomic mass is 10.2. The second-order valence-corrected chi connectivity index (χ2v) is 6.42. The third-order valence-corrected chi connectivity index (χ3v) is 4.16. The van der Waals surface area contributed by atoms with Crippen molar-refractivity contribution in [3.8, 4) is 5.75 Å². The molecule has 2 N–H and O–H groups in total. The number of fused-ring (bicyclic) bond motifs is 1. The number of aromatic amines is 1. The molecule has 26 heavy (non-hydrogen) atoms. The number of nitrogens with zero attached hydrogens (tertiary/aromatic N) is 1. The summed E-state index contributed by atoms with van der Waals surface area (Å²) in [6, 6.07) is 15.9. The maximum absolute atomic E-state index is 11.9. The number of hydrogen-bond acceptors (Lipinski definition) is 3. The van der Waals surface area contributed by atoms with Crippen LogP contribution in [-0.4, -0.2) is 29.0 Å². The van der Waals surface area contributed by atoms with E-state index in [1.807, 2.05) is 55.5 Å². The molecule has 0 aliphatic heterocycles. The lowest BCUT2D eigenvalue weighted by Crippen LogP contribution is -2.25. The van der Waals surface area contributed by atoms with Gasteiger partial charge in [0.05, 0.1) is 17.6 Å². The van der Waals surface area contributed by atoms with E-state index < -0.39 is 0 Å². The van der Waals surface area contributed by atoms with Gasteiger partial charge in [-0.3, -0.25) is 4.79 Å². The molecule has 0 atom stereocenters. The van der Waals surface area contributed by atoms with E-state index in [2.05, 4.69) is 15.3 Å². The summed E-state index contributed by atoms with van der Waals surface area (Å²) in [6.45, 7) is 3.25. The predicted molar refractivity (Wildman–Crippen MR) is 103 cm³/mol. The van der Waals surface area contributed by atoms with Crippen LogP contribution in [0.5, 0.6) is 5.75 Å². The summed E-state index contributed by atoms with van der Waals surface area (Å²) < 4.78 is 5.66. The van der Waals surface area contributed by atoms with Crippen LogP contribution in [0.1, 0.15) is 30.7 Å². The molecule has 0 aliphatic carbocycles. The minimum absolute atomic E-state index is 0.0717. The van der Waals surface area contributed by atoms with Crippen LogP contribution in [0.2, 0.25) is 0 Å². The topological polar surface area (TPSA) is 67.0 Å². The van der Waals surface area contributed by atoms with Crippen LogP contribution in [0.15, 0.2) is 48.5 Å². The predicted octanol–water partition coefficient (Wildman–Crippen LogP) is 3.78. The molecule has 0 radical (unpaired) electrons. The van der Waals surface area contributed by atoms with Gasteiger partial charge in [-0.05, 0) is 49.6 Å². The number of para-hydroxylation sites is 2. The third kappa shape index (κ3) is 5.34. The molecule has 2 aromatic carbocycles. The standard InChI is InChI=1S/C21H25N3O2/c1-16-7-4-8-17(15-16)26-14-6-12-21(25)22-13-5-11-20-23-18-9-2-3-10-19(18)24-20/h2-4,7-10,15H,5-6,11-14H2,1H3,(H,22,25)(H,23,24). The van der Waals surface area contributed by atoms with Gasteiger partial charge in [-0.2, -0.15) is 0 Å². The first-order chi connectivity index (χ1) is 12.7. The minimum Gasteiger partial charge on any atom is -0.494 e. The number of carbonyl (C=O) groups is 1. The largest absolute Gasteiger partial charge is 0.494 e. The van der Waals surface area contributed by atoms with E-state index in [4.69, 9.17) is 4.74 Å². The fraction of sp³-hybridized carbons (Fsp3) is 0.333. The van der Waals surface area contributed by atoms with Crippen LogP contribution in [0.4, 0.5) is 0 Å². The first-order valence-electron chi connectivity index (χ1n) is 9.10. The average molecular weight is 351 g/mol. The van der Waals surface area contributed by atoms with Crippen molar-refractivity contribution >= 4 is 16.9 Å². The minimum atomic E-state index is 0.0717.